The number of ether oxygens (including phenoxy) is 1. The third kappa shape index (κ3) is 3.29. The summed E-state index contributed by atoms with van der Waals surface area (Å²) in [6.45, 7) is 1.79. The van der Waals surface area contributed by atoms with E-state index < -0.39 is 11.6 Å². The molecule has 0 fully saturated rings. The molecular weight excluding hydrogens is 274 g/mol. The third-order valence-corrected chi connectivity index (χ3v) is 3.15. The van der Waals surface area contributed by atoms with Crippen molar-refractivity contribution in [2.75, 3.05) is 12.4 Å². The number of hydrogen-bond donors (Lipinski definition) is 1. The number of hydrogen-bond acceptors (Lipinski definition) is 3. The molecule has 0 saturated carbocycles. The molecule has 3 nitrogen and oxygen atoms in total. The molecule has 0 saturated heterocycles. The van der Waals surface area contributed by atoms with Crippen molar-refractivity contribution < 1.29 is 13.5 Å². The summed E-state index contributed by atoms with van der Waals surface area (Å²) in [5.74, 6) is -0.861. The molecule has 0 spiro atoms. The average molecular weight is 288 g/mol. The first-order valence-corrected chi connectivity index (χ1v) is 6.34. The Morgan fingerprint density at radius 1 is 1.14 bits per heavy atom. The molecular formula is C16H14F2N2O. The van der Waals surface area contributed by atoms with Crippen molar-refractivity contribution >= 4 is 5.69 Å². The zero-order valence-corrected chi connectivity index (χ0v) is 11.7. The molecule has 108 valence electrons. The fraction of sp³-hybridized carbons (Fsp3) is 0.188. The van der Waals surface area contributed by atoms with E-state index in [-0.39, 0.29) is 17.3 Å². The first-order chi connectivity index (χ1) is 10.0. The minimum absolute atomic E-state index is 0.0485. The highest BCUT2D eigenvalue weighted by molar-refractivity contribution is 5.51. The maximum absolute atomic E-state index is 13.8. The van der Waals surface area contributed by atoms with Gasteiger partial charge in [-0.3, -0.25) is 0 Å². The van der Waals surface area contributed by atoms with Crippen LogP contribution < -0.4 is 10.1 Å². The number of anilines is 1. The Balaban J connectivity index is 2.23. The number of rotatable bonds is 4. The standard InChI is InChI=1S/C16H14F2N2O/c1-10(12-3-5-13(21-2)6-4-12)20-16-14(17)7-11(9-19)8-15(16)18/h3-8,10,20H,1-2H3. The van der Waals surface area contributed by atoms with Gasteiger partial charge >= 0.3 is 0 Å². The Morgan fingerprint density at radius 2 is 1.71 bits per heavy atom. The molecule has 0 bridgehead atoms. The molecule has 1 atom stereocenters. The summed E-state index contributed by atoms with van der Waals surface area (Å²) >= 11 is 0. The molecule has 0 radical (unpaired) electrons. The Hall–Kier alpha value is -2.61. The Labute approximate surface area is 121 Å². The van der Waals surface area contributed by atoms with Crippen molar-refractivity contribution in [3.05, 3.63) is 59.2 Å². The summed E-state index contributed by atoms with van der Waals surface area (Å²) in [5, 5.41) is 11.5. The molecule has 0 aliphatic rings. The first-order valence-electron chi connectivity index (χ1n) is 6.34. The molecule has 0 aliphatic carbocycles. The molecule has 2 aromatic carbocycles. The van der Waals surface area contributed by atoms with Crippen molar-refractivity contribution in [1.82, 2.24) is 0 Å². The maximum Gasteiger partial charge on any atom is 0.150 e. The number of halogens is 2. The second-order valence-corrected chi connectivity index (χ2v) is 4.57. The molecule has 1 unspecified atom stereocenters. The minimum atomic E-state index is -0.785. The van der Waals surface area contributed by atoms with Crippen LogP contribution in [0.4, 0.5) is 14.5 Å². The fourth-order valence-corrected chi connectivity index (χ4v) is 1.97. The summed E-state index contributed by atoms with van der Waals surface area (Å²) in [4.78, 5) is 0. The topological polar surface area (TPSA) is 45.0 Å². The van der Waals surface area contributed by atoms with E-state index in [1.165, 1.54) is 0 Å². The largest absolute Gasteiger partial charge is 0.497 e. The van der Waals surface area contributed by atoms with Gasteiger partial charge in [0.05, 0.1) is 18.7 Å². The molecule has 2 aromatic rings. The second kappa shape index (κ2) is 6.23. The summed E-state index contributed by atoms with van der Waals surface area (Å²) in [6, 6.07) is 10.6. The lowest BCUT2D eigenvalue weighted by molar-refractivity contribution is 0.414. The number of nitrogens with zero attached hydrogens (tertiary/aromatic N) is 1. The van der Waals surface area contributed by atoms with Crippen molar-refractivity contribution in [3.63, 3.8) is 0 Å². The Kier molecular flexibility index (Phi) is 4.39. The van der Waals surface area contributed by atoms with E-state index in [1.54, 1.807) is 32.2 Å². The van der Waals surface area contributed by atoms with Gasteiger partial charge in [0.1, 0.15) is 11.4 Å². The predicted molar refractivity (Wildman–Crippen MR) is 76.1 cm³/mol. The number of methoxy groups -OCH3 is 1. The van der Waals surface area contributed by atoms with Gasteiger partial charge in [-0.05, 0) is 36.8 Å². The minimum Gasteiger partial charge on any atom is -0.497 e. The second-order valence-electron chi connectivity index (χ2n) is 4.57. The highest BCUT2D eigenvalue weighted by atomic mass is 19.1. The smallest absolute Gasteiger partial charge is 0.150 e. The lowest BCUT2D eigenvalue weighted by Gasteiger charge is -2.17. The van der Waals surface area contributed by atoms with Crippen LogP contribution in [-0.2, 0) is 0 Å². The average Bonchev–Trinajstić information content (AvgIpc) is 2.50. The lowest BCUT2D eigenvalue weighted by atomic mass is 10.1. The number of nitrogens with one attached hydrogen (secondary N) is 1. The molecule has 21 heavy (non-hydrogen) atoms. The van der Waals surface area contributed by atoms with Gasteiger partial charge in [0, 0.05) is 6.04 Å². The van der Waals surface area contributed by atoms with E-state index >= 15 is 0 Å². The first kappa shape index (κ1) is 14.8. The summed E-state index contributed by atoms with van der Waals surface area (Å²) in [6.07, 6.45) is 0. The molecule has 2 rings (SSSR count). The van der Waals surface area contributed by atoms with Gasteiger partial charge in [0.15, 0.2) is 11.6 Å². The van der Waals surface area contributed by atoms with Crippen LogP contribution >= 0.6 is 0 Å². The Morgan fingerprint density at radius 3 is 2.19 bits per heavy atom. The molecule has 5 heteroatoms. The summed E-state index contributed by atoms with van der Waals surface area (Å²) < 4.78 is 32.7. The van der Waals surface area contributed by atoms with E-state index in [0.29, 0.717) is 5.75 Å². The molecule has 0 amide bonds. The number of nitriles is 1. The van der Waals surface area contributed by atoms with Crippen LogP contribution in [0.2, 0.25) is 0 Å². The quantitative estimate of drug-likeness (QED) is 0.924. The van der Waals surface area contributed by atoms with Crippen LogP contribution in [0.5, 0.6) is 5.75 Å². The van der Waals surface area contributed by atoms with E-state index in [4.69, 9.17) is 10.00 Å². The van der Waals surface area contributed by atoms with E-state index in [1.807, 2.05) is 12.1 Å². The summed E-state index contributed by atoms with van der Waals surface area (Å²) in [7, 11) is 1.57. The van der Waals surface area contributed by atoms with Gasteiger partial charge in [0.25, 0.3) is 0 Å². The molecule has 0 aromatic heterocycles. The van der Waals surface area contributed by atoms with Crippen molar-refractivity contribution in [2.45, 2.75) is 13.0 Å². The zero-order valence-electron chi connectivity index (χ0n) is 11.7. The predicted octanol–water partition coefficient (Wildman–Crippen LogP) is 4.02. The number of benzene rings is 2. The normalized spacial score (nSPS) is 11.6. The monoisotopic (exact) mass is 288 g/mol. The van der Waals surface area contributed by atoms with Gasteiger partial charge in [0.2, 0.25) is 0 Å². The van der Waals surface area contributed by atoms with E-state index in [2.05, 4.69) is 5.32 Å². The maximum atomic E-state index is 13.8. The van der Waals surface area contributed by atoms with E-state index in [9.17, 15) is 8.78 Å². The van der Waals surface area contributed by atoms with E-state index in [0.717, 1.165) is 17.7 Å². The van der Waals surface area contributed by atoms with Gasteiger partial charge in [-0.2, -0.15) is 5.26 Å². The van der Waals surface area contributed by atoms with Crippen LogP contribution in [0.15, 0.2) is 36.4 Å². The van der Waals surface area contributed by atoms with Crippen molar-refractivity contribution in [1.29, 1.82) is 5.26 Å². The fourth-order valence-electron chi connectivity index (χ4n) is 1.97. The molecule has 0 heterocycles. The van der Waals surface area contributed by atoms with Crippen LogP contribution in [0.3, 0.4) is 0 Å². The van der Waals surface area contributed by atoms with Gasteiger partial charge in [-0.15, -0.1) is 0 Å². The van der Waals surface area contributed by atoms with Crippen molar-refractivity contribution in [2.24, 2.45) is 0 Å². The van der Waals surface area contributed by atoms with Gasteiger partial charge in [-0.1, -0.05) is 12.1 Å². The SMILES string of the molecule is COc1ccc(C(C)Nc2c(F)cc(C#N)cc2F)cc1. The van der Waals surface area contributed by atoms with Gasteiger partial charge < -0.3 is 10.1 Å². The van der Waals surface area contributed by atoms with Crippen molar-refractivity contribution in [3.8, 4) is 11.8 Å². The zero-order chi connectivity index (χ0) is 15.4. The highest BCUT2D eigenvalue weighted by Crippen LogP contribution is 2.26. The van der Waals surface area contributed by atoms with Crippen LogP contribution in [-0.4, -0.2) is 7.11 Å². The van der Waals surface area contributed by atoms with Crippen LogP contribution in [0, 0.1) is 23.0 Å². The van der Waals surface area contributed by atoms with Gasteiger partial charge in [-0.25, -0.2) is 8.78 Å². The lowest BCUT2D eigenvalue weighted by Crippen LogP contribution is -2.10. The molecule has 0 aliphatic heterocycles. The Bertz CT molecular complexity index is 655. The third-order valence-electron chi connectivity index (χ3n) is 3.15. The van der Waals surface area contributed by atoms with Crippen LogP contribution in [0.25, 0.3) is 0 Å². The highest BCUT2D eigenvalue weighted by Gasteiger charge is 2.14. The summed E-state index contributed by atoms with van der Waals surface area (Å²) in [5.41, 5.74) is 0.573. The molecule has 1 N–H and O–H groups in total. The van der Waals surface area contributed by atoms with Crippen LogP contribution in [0.1, 0.15) is 24.1 Å².